The fraction of sp³-hybridized carbons (Fsp3) is 1.00. The molecule has 8 N–H and O–H groups in total. The highest BCUT2D eigenvalue weighted by Gasteiger charge is 2.61. The van der Waals surface area contributed by atoms with Gasteiger partial charge in [-0.15, -0.1) is 0 Å². The fourth-order valence-corrected chi connectivity index (χ4v) is 1.18. The molecule has 1 aliphatic heterocycles. The minimum Gasteiger partial charge on any atom is -0.394 e. The first kappa shape index (κ1) is 11.8. The summed E-state index contributed by atoms with van der Waals surface area (Å²) in [6.45, 7) is -0.767. The van der Waals surface area contributed by atoms with Crippen LogP contribution < -0.4 is 5.73 Å². The molecule has 8 heteroatoms. The summed E-state index contributed by atoms with van der Waals surface area (Å²) in [5.41, 5.74) is 2.01. The summed E-state index contributed by atoms with van der Waals surface area (Å²) in [5.74, 6) is -3.24. The maximum atomic E-state index is 9.22. The molecule has 0 aromatic heterocycles. The molecule has 0 aromatic rings. The van der Waals surface area contributed by atoms with Gasteiger partial charge in [0.05, 0.1) is 6.61 Å². The van der Waals surface area contributed by atoms with Crippen LogP contribution in [-0.2, 0) is 4.74 Å². The Hall–Kier alpha value is -0.320. The molecule has 84 valence electrons. The van der Waals surface area contributed by atoms with Crippen molar-refractivity contribution in [2.45, 2.75) is 30.0 Å². The van der Waals surface area contributed by atoms with Gasteiger partial charge in [-0.3, -0.25) is 5.73 Å². The fourth-order valence-electron chi connectivity index (χ4n) is 1.18. The molecule has 0 radical (unpaired) electrons. The first-order valence-corrected chi connectivity index (χ1v) is 3.85. The smallest absolute Gasteiger partial charge is 0.326 e. The molecule has 0 unspecified atom stereocenters. The number of hydrogen-bond acceptors (Lipinski definition) is 8. The molecule has 4 atom stereocenters. The van der Waals surface area contributed by atoms with Crippen molar-refractivity contribution in [3.63, 3.8) is 0 Å². The van der Waals surface area contributed by atoms with Crippen molar-refractivity contribution in [2.75, 3.05) is 6.61 Å². The molecule has 8 nitrogen and oxygen atoms in total. The summed E-state index contributed by atoms with van der Waals surface area (Å²) in [4.78, 5) is 0. The minimum absolute atomic E-state index is 0.767. The van der Waals surface area contributed by atoms with E-state index < -0.39 is 36.6 Å². The number of aliphatic hydroxyl groups is 6. The Balaban J connectivity index is 2.95. The van der Waals surface area contributed by atoms with Crippen molar-refractivity contribution in [1.29, 1.82) is 0 Å². The maximum absolute atomic E-state index is 9.22. The Bertz CT molecular complexity index is 218. The first-order valence-electron chi connectivity index (χ1n) is 3.85. The van der Waals surface area contributed by atoms with E-state index in [0.717, 1.165) is 0 Å². The van der Waals surface area contributed by atoms with Gasteiger partial charge in [-0.1, -0.05) is 0 Å². The van der Waals surface area contributed by atoms with Gasteiger partial charge in [0, 0.05) is 0 Å². The van der Waals surface area contributed by atoms with E-state index in [0.29, 0.717) is 0 Å². The third-order valence-electron chi connectivity index (χ3n) is 2.17. The second kappa shape index (κ2) is 3.36. The molecule has 0 aromatic carbocycles. The summed E-state index contributed by atoms with van der Waals surface area (Å²) >= 11 is 0. The second-order valence-electron chi connectivity index (χ2n) is 3.21. The largest absolute Gasteiger partial charge is 0.394 e. The molecule has 1 aliphatic rings. The van der Waals surface area contributed by atoms with Crippen LogP contribution >= 0.6 is 0 Å². The van der Waals surface area contributed by atoms with Gasteiger partial charge < -0.3 is 35.4 Å². The Morgan fingerprint density at radius 2 is 1.71 bits per heavy atom. The molecule has 0 saturated carbocycles. The zero-order valence-corrected chi connectivity index (χ0v) is 7.11. The summed E-state index contributed by atoms with van der Waals surface area (Å²) in [6, 6.07) is 0. The molecule has 14 heavy (non-hydrogen) atoms. The normalized spacial score (nSPS) is 47.8. The molecule has 1 saturated heterocycles. The van der Waals surface area contributed by atoms with E-state index in [1.165, 1.54) is 0 Å². The number of aliphatic hydroxyl groups excluding tert-OH is 3. The van der Waals surface area contributed by atoms with Gasteiger partial charge in [0.25, 0.3) is 0 Å². The molecule has 1 fully saturated rings. The average Bonchev–Trinajstić information content (AvgIpc) is 2.09. The van der Waals surface area contributed by atoms with Crippen molar-refractivity contribution in [2.24, 2.45) is 5.73 Å². The standard InChI is InChI=1S/C6H13NO7/c7-5(11)4(10)3(9)2(1-8)14-6(5,12)13/h2-4,8-13H,1,7H2/t2-,3-,4+,5-/m1/s1. The molecule has 0 spiro atoms. The SMILES string of the molecule is N[C@@]1(O)[C@@H](O)[C@H](O)[C@@H](CO)OC1(O)O. The first-order chi connectivity index (χ1) is 6.24. The van der Waals surface area contributed by atoms with Crippen LogP contribution in [0.2, 0.25) is 0 Å². The lowest BCUT2D eigenvalue weighted by molar-refractivity contribution is -0.467. The van der Waals surface area contributed by atoms with Crippen LogP contribution in [0.4, 0.5) is 0 Å². The van der Waals surface area contributed by atoms with Crippen LogP contribution in [0.15, 0.2) is 0 Å². The zero-order valence-electron chi connectivity index (χ0n) is 7.11. The van der Waals surface area contributed by atoms with Crippen LogP contribution in [0.5, 0.6) is 0 Å². The lowest BCUT2D eigenvalue weighted by Crippen LogP contribution is -2.77. The minimum atomic E-state index is -3.24. The molecule has 1 heterocycles. The van der Waals surface area contributed by atoms with Crippen molar-refractivity contribution in [3.05, 3.63) is 0 Å². The van der Waals surface area contributed by atoms with Crippen LogP contribution in [-0.4, -0.2) is 67.3 Å². The number of hydrogen-bond donors (Lipinski definition) is 7. The van der Waals surface area contributed by atoms with E-state index >= 15 is 0 Å². The second-order valence-corrected chi connectivity index (χ2v) is 3.21. The number of nitrogens with two attached hydrogens (primary N) is 1. The predicted octanol–water partition coefficient (Wildman–Crippen LogP) is -4.61. The van der Waals surface area contributed by atoms with Gasteiger partial charge >= 0.3 is 5.97 Å². The molecule has 0 bridgehead atoms. The summed E-state index contributed by atoms with van der Waals surface area (Å²) in [7, 11) is 0. The van der Waals surface area contributed by atoms with Gasteiger partial charge in [-0.05, 0) is 0 Å². The highest BCUT2D eigenvalue weighted by molar-refractivity contribution is 4.99. The van der Waals surface area contributed by atoms with E-state index in [2.05, 4.69) is 4.74 Å². The van der Waals surface area contributed by atoms with E-state index in [-0.39, 0.29) is 0 Å². The lowest BCUT2D eigenvalue weighted by atomic mass is 9.93. The monoisotopic (exact) mass is 211 g/mol. The van der Waals surface area contributed by atoms with E-state index in [4.69, 9.17) is 21.1 Å². The van der Waals surface area contributed by atoms with Crippen molar-refractivity contribution in [1.82, 2.24) is 0 Å². The van der Waals surface area contributed by atoms with Crippen LogP contribution in [0.1, 0.15) is 0 Å². The Morgan fingerprint density at radius 3 is 2.14 bits per heavy atom. The quantitative estimate of drug-likeness (QED) is 0.213. The van der Waals surface area contributed by atoms with Gasteiger partial charge in [-0.2, -0.15) is 0 Å². The molecule has 0 amide bonds. The Kier molecular flexibility index (Phi) is 2.82. The van der Waals surface area contributed by atoms with Crippen molar-refractivity contribution >= 4 is 0 Å². The van der Waals surface area contributed by atoms with Crippen LogP contribution in [0.3, 0.4) is 0 Å². The van der Waals surface area contributed by atoms with Crippen LogP contribution in [0.25, 0.3) is 0 Å². The zero-order chi connectivity index (χ0) is 11.1. The highest BCUT2D eigenvalue weighted by atomic mass is 16.8. The van der Waals surface area contributed by atoms with Crippen molar-refractivity contribution in [3.8, 4) is 0 Å². The number of ether oxygens (including phenoxy) is 1. The maximum Gasteiger partial charge on any atom is 0.326 e. The predicted molar refractivity (Wildman–Crippen MR) is 40.3 cm³/mol. The number of rotatable bonds is 1. The Morgan fingerprint density at radius 1 is 1.21 bits per heavy atom. The molecule has 1 rings (SSSR count). The van der Waals surface area contributed by atoms with Crippen molar-refractivity contribution < 1.29 is 35.4 Å². The van der Waals surface area contributed by atoms with E-state index in [1.54, 1.807) is 0 Å². The van der Waals surface area contributed by atoms with Gasteiger partial charge in [0.1, 0.15) is 18.3 Å². The van der Waals surface area contributed by atoms with Gasteiger partial charge in [0.2, 0.25) is 5.72 Å². The van der Waals surface area contributed by atoms with E-state index in [1.807, 2.05) is 0 Å². The highest BCUT2D eigenvalue weighted by Crippen LogP contribution is 2.30. The summed E-state index contributed by atoms with van der Waals surface area (Å²) in [6.07, 6.45) is -5.21. The van der Waals surface area contributed by atoms with Crippen LogP contribution in [0, 0.1) is 0 Å². The Labute approximate surface area is 78.8 Å². The molecular weight excluding hydrogens is 198 g/mol. The average molecular weight is 211 g/mol. The van der Waals surface area contributed by atoms with Gasteiger partial charge in [-0.25, -0.2) is 0 Å². The molecule has 0 aliphatic carbocycles. The lowest BCUT2D eigenvalue weighted by Gasteiger charge is -2.47. The third-order valence-corrected chi connectivity index (χ3v) is 2.17. The molecular formula is C6H13NO7. The summed E-state index contributed by atoms with van der Waals surface area (Å²) in [5, 5.41) is 54.4. The third kappa shape index (κ3) is 1.51. The summed E-state index contributed by atoms with van der Waals surface area (Å²) < 4.78 is 4.30. The van der Waals surface area contributed by atoms with E-state index in [9.17, 15) is 15.3 Å². The van der Waals surface area contributed by atoms with Gasteiger partial charge in [0.15, 0.2) is 0 Å². The topological polar surface area (TPSA) is 157 Å².